The number of carbonyl (C=O) groups is 1. The highest BCUT2D eigenvalue weighted by molar-refractivity contribution is 5.91. The van der Waals surface area contributed by atoms with E-state index in [2.05, 4.69) is 34.3 Å². The monoisotopic (exact) mass is 255 g/mol. The van der Waals surface area contributed by atoms with Gasteiger partial charge in [-0.15, -0.1) is 0 Å². The largest absolute Gasteiger partial charge is 0.350 e. The second kappa shape index (κ2) is 6.09. The van der Waals surface area contributed by atoms with Gasteiger partial charge >= 0.3 is 0 Å². The van der Waals surface area contributed by atoms with Crippen molar-refractivity contribution in [3.63, 3.8) is 0 Å². The molecule has 0 saturated carbocycles. The van der Waals surface area contributed by atoms with Crippen molar-refractivity contribution in [3.8, 4) is 0 Å². The van der Waals surface area contributed by atoms with Gasteiger partial charge in [0.1, 0.15) is 5.69 Å². The lowest BCUT2D eigenvalue weighted by atomic mass is 10.1. The van der Waals surface area contributed by atoms with Crippen molar-refractivity contribution in [3.05, 3.63) is 59.2 Å². The first kappa shape index (κ1) is 13.2. The predicted molar refractivity (Wildman–Crippen MR) is 74.0 cm³/mol. The normalized spacial score (nSPS) is 10.2. The summed E-state index contributed by atoms with van der Waals surface area (Å²) in [6.07, 6.45) is 3.91. The van der Waals surface area contributed by atoms with Crippen molar-refractivity contribution in [2.24, 2.45) is 0 Å². The van der Waals surface area contributed by atoms with Crippen LogP contribution in [0.4, 0.5) is 0 Å². The molecule has 0 unspecified atom stereocenters. The first-order valence-electron chi connectivity index (χ1n) is 6.28. The van der Waals surface area contributed by atoms with Gasteiger partial charge in [-0.25, -0.2) is 4.98 Å². The van der Waals surface area contributed by atoms with E-state index in [1.165, 1.54) is 17.3 Å². The lowest BCUT2D eigenvalue weighted by Gasteiger charge is -2.07. The van der Waals surface area contributed by atoms with E-state index in [0.29, 0.717) is 12.2 Å². The molecule has 1 aromatic heterocycles. The highest BCUT2D eigenvalue weighted by Crippen LogP contribution is 2.06. The maximum Gasteiger partial charge on any atom is 0.271 e. The third-order valence-corrected chi connectivity index (χ3v) is 2.95. The predicted octanol–water partition coefficient (Wildman–Crippen LogP) is 2.07. The van der Waals surface area contributed by atoms with E-state index in [4.69, 9.17) is 0 Å². The van der Waals surface area contributed by atoms with E-state index in [-0.39, 0.29) is 5.91 Å². The van der Waals surface area contributed by atoms with Crippen LogP contribution in [0.1, 0.15) is 27.3 Å². The number of rotatable bonds is 4. The zero-order valence-electron chi connectivity index (χ0n) is 11.2. The molecule has 0 fully saturated rings. The lowest BCUT2D eigenvalue weighted by Crippen LogP contribution is -2.26. The molecule has 0 bridgehead atoms. The van der Waals surface area contributed by atoms with Crippen LogP contribution in [0, 0.1) is 13.8 Å². The Labute approximate surface area is 112 Å². The van der Waals surface area contributed by atoms with E-state index in [1.807, 2.05) is 19.1 Å². The fraction of sp³-hybridized carbons (Fsp3) is 0.267. The maximum absolute atomic E-state index is 11.8. The van der Waals surface area contributed by atoms with Crippen LogP contribution in [-0.2, 0) is 6.42 Å². The Balaban J connectivity index is 1.88. The molecule has 0 aliphatic rings. The van der Waals surface area contributed by atoms with E-state index in [9.17, 15) is 4.79 Å². The van der Waals surface area contributed by atoms with Crippen LogP contribution in [0.5, 0.6) is 0 Å². The lowest BCUT2D eigenvalue weighted by molar-refractivity contribution is 0.0948. The number of carbonyl (C=O) groups excluding carboxylic acids is 1. The van der Waals surface area contributed by atoms with Gasteiger partial charge in [0.05, 0.1) is 11.9 Å². The molecule has 4 nitrogen and oxygen atoms in total. The Hall–Kier alpha value is -2.23. The molecule has 0 atom stereocenters. The van der Waals surface area contributed by atoms with Crippen molar-refractivity contribution < 1.29 is 4.79 Å². The van der Waals surface area contributed by atoms with Crippen LogP contribution < -0.4 is 5.32 Å². The molecular formula is C15H17N3O. The van der Waals surface area contributed by atoms with Gasteiger partial charge in [0.2, 0.25) is 0 Å². The Bertz CT molecular complexity index is 564. The molecule has 1 aromatic carbocycles. The highest BCUT2D eigenvalue weighted by atomic mass is 16.1. The van der Waals surface area contributed by atoms with Crippen molar-refractivity contribution in [2.75, 3.05) is 6.54 Å². The molecule has 4 heteroatoms. The van der Waals surface area contributed by atoms with Crippen LogP contribution >= 0.6 is 0 Å². The average molecular weight is 255 g/mol. The Morgan fingerprint density at radius 3 is 2.63 bits per heavy atom. The van der Waals surface area contributed by atoms with E-state index in [0.717, 1.165) is 12.1 Å². The third-order valence-electron chi connectivity index (χ3n) is 2.95. The molecular weight excluding hydrogens is 238 g/mol. The summed E-state index contributed by atoms with van der Waals surface area (Å²) in [5.74, 6) is -0.180. The summed E-state index contributed by atoms with van der Waals surface area (Å²) in [4.78, 5) is 19.9. The van der Waals surface area contributed by atoms with E-state index >= 15 is 0 Å². The molecule has 0 aliphatic carbocycles. The molecule has 0 radical (unpaired) electrons. The molecule has 98 valence electrons. The zero-order chi connectivity index (χ0) is 13.7. The van der Waals surface area contributed by atoms with Gasteiger partial charge in [0.15, 0.2) is 0 Å². The second-order valence-corrected chi connectivity index (χ2v) is 4.48. The summed E-state index contributed by atoms with van der Waals surface area (Å²) in [5, 5.41) is 2.85. The molecule has 2 rings (SSSR count). The first-order chi connectivity index (χ1) is 9.16. The minimum atomic E-state index is -0.180. The summed E-state index contributed by atoms with van der Waals surface area (Å²) in [6, 6.07) is 8.17. The van der Waals surface area contributed by atoms with E-state index < -0.39 is 0 Å². The smallest absolute Gasteiger partial charge is 0.271 e. The van der Waals surface area contributed by atoms with Crippen LogP contribution in [0.15, 0.2) is 36.7 Å². The number of benzene rings is 1. The molecule has 1 amide bonds. The van der Waals surface area contributed by atoms with Gasteiger partial charge in [0.25, 0.3) is 5.91 Å². The number of hydrogen-bond donors (Lipinski definition) is 1. The fourth-order valence-corrected chi connectivity index (χ4v) is 1.80. The summed E-state index contributed by atoms with van der Waals surface area (Å²) in [5.41, 5.74) is 3.65. The number of nitrogens with one attached hydrogen (secondary N) is 1. The van der Waals surface area contributed by atoms with E-state index in [1.54, 1.807) is 6.20 Å². The van der Waals surface area contributed by atoms with Crippen LogP contribution in [0.2, 0.25) is 0 Å². The fourth-order valence-electron chi connectivity index (χ4n) is 1.80. The number of hydrogen-bond acceptors (Lipinski definition) is 3. The van der Waals surface area contributed by atoms with Gasteiger partial charge in [-0.05, 0) is 31.4 Å². The van der Waals surface area contributed by atoms with Crippen molar-refractivity contribution in [2.45, 2.75) is 20.3 Å². The number of aromatic nitrogens is 2. The van der Waals surface area contributed by atoms with Crippen molar-refractivity contribution in [1.29, 1.82) is 0 Å². The minimum absolute atomic E-state index is 0.180. The standard InChI is InChI=1S/C15H17N3O/c1-11-5-3-4-6-13(11)7-8-16-15(19)14-10-17-12(2)9-18-14/h3-6,9-10H,7-8H2,1-2H3,(H,16,19). The summed E-state index contributed by atoms with van der Waals surface area (Å²) < 4.78 is 0. The SMILES string of the molecule is Cc1cnc(C(=O)NCCc2ccccc2C)cn1. The molecule has 0 aliphatic heterocycles. The van der Waals surface area contributed by atoms with Crippen LogP contribution in [0.25, 0.3) is 0 Å². The third kappa shape index (κ3) is 3.61. The van der Waals surface area contributed by atoms with Gasteiger partial charge in [0, 0.05) is 12.7 Å². The topological polar surface area (TPSA) is 54.9 Å². The first-order valence-corrected chi connectivity index (χ1v) is 6.28. The number of nitrogens with zero attached hydrogens (tertiary/aromatic N) is 2. The number of amides is 1. The molecule has 0 saturated heterocycles. The highest BCUT2D eigenvalue weighted by Gasteiger charge is 2.06. The quantitative estimate of drug-likeness (QED) is 0.910. The Morgan fingerprint density at radius 2 is 1.95 bits per heavy atom. The molecule has 1 N–H and O–H groups in total. The van der Waals surface area contributed by atoms with Gasteiger partial charge in [-0.1, -0.05) is 24.3 Å². The zero-order valence-corrected chi connectivity index (χ0v) is 11.2. The molecule has 0 spiro atoms. The summed E-state index contributed by atoms with van der Waals surface area (Å²) in [6.45, 7) is 4.51. The summed E-state index contributed by atoms with van der Waals surface area (Å²) in [7, 11) is 0. The van der Waals surface area contributed by atoms with Crippen LogP contribution in [0.3, 0.4) is 0 Å². The van der Waals surface area contributed by atoms with Gasteiger partial charge in [-0.3, -0.25) is 9.78 Å². The number of aryl methyl sites for hydroxylation is 2. The maximum atomic E-state index is 11.8. The van der Waals surface area contributed by atoms with Crippen LogP contribution in [-0.4, -0.2) is 22.4 Å². The Kier molecular flexibility index (Phi) is 4.23. The van der Waals surface area contributed by atoms with Gasteiger partial charge < -0.3 is 5.32 Å². The molecule has 1 heterocycles. The minimum Gasteiger partial charge on any atom is -0.350 e. The van der Waals surface area contributed by atoms with Crippen molar-refractivity contribution in [1.82, 2.24) is 15.3 Å². The Morgan fingerprint density at radius 1 is 1.16 bits per heavy atom. The van der Waals surface area contributed by atoms with Crippen molar-refractivity contribution >= 4 is 5.91 Å². The second-order valence-electron chi connectivity index (χ2n) is 4.48. The molecule has 19 heavy (non-hydrogen) atoms. The summed E-state index contributed by atoms with van der Waals surface area (Å²) >= 11 is 0. The average Bonchev–Trinajstić information content (AvgIpc) is 2.41. The van der Waals surface area contributed by atoms with Gasteiger partial charge in [-0.2, -0.15) is 0 Å². The molecule has 2 aromatic rings.